The molecular formula is C15H29NO5. The molecule has 0 spiro atoms. The minimum atomic E-state index is -0.723. The first-order valence-corrected chi connectivity index (χ1v) is 7.33. The molecule has 1 N–H and O–H groups in total. The summed E-state index contributed by atoms with van der Waals surface area (Å²) in [6, 6.07) is -0.723. The van der Waals surface area contributed by atoms with Gasteiger partial charge in [-0.05, 0) is 40.0 Å². The number of amides is 1. The van der Waals surface area contributed by atoms with E-state index in [9.17, 15) is 9.59 Å². The molecule has 0 aromatic carbocycles. The Labute approximate surface area is 127 Å². The number of carbonyl (C=O) groups excluding carboxylic acids is 2. The molecule has 0 aliphatic rings. The molecule has 6 heteroatoms. The number of alkyl carbamates (subject to hydrolysis) is 1. The highest BCUT2D eigenvalue weighted by molar-refractivity contribution is 5.81. The first kappa shape index (κ1) is 19.7. The van der Waals surface area contributed by atoms with Crippen molar-refractivity contribution >= 4 is 12.1 Å². The molecule has 0 unspecified atom stereocenters. The number of hydrogen-bond acceptors (Lipinski definition) is 5. The van der Waals surface area contributed by atoms with Crippen LogP contribution in [0, 0.1) is 0 Å². The van der Waals surface area contributed by atoms with E-state index in [1.54, 1.807) is 27.9 Å². The second kappa shape index (κ2) is 9.60. The second-order valence-electron chi connectivity index (χ2n) is 5.95. The number of esters is 1. The summed E-state index contributed by atoms with van der Waals surface area (Å²) in [5.41, 5.74) is -0.609. The van der Waals surface area contributed by atoms with Gasteiger partial charge in [-0.15, -0.1) is 0 Å². The highest BCUT2D eigenvalue weighted by Crippen LogP contribution is 2.12. The van der Waals surface area contributed by atoms with Crippen molar-refractivity contribution in [2.75, 3.05) is 14.2 Å². The lowest BCUT2D eigenvalue weighted by Crippen LogP contribution is -2.44. The number of carbonyl (C=O) groups is 2. The predicted octanol–water partition coefficient (Wildman–Crippen LogP) is 2.65. The second-order valence-corrected chi connectivity index (χ2v) is 5.95. The van der Waals surface area contributed by atoms with E-state index in [2.05, 4.69) is 12.2 Å². The molecule has 0 aromatic rings. The van der Waals surface area contributed by atoms with Crippen molar-refractivity contribution < 1.29 is 23.8 Å². The van der Waals surface area contributed by atoms with Crippen LogP contribution >= 0.6 is 0 Å². The van der Waals surface area contributed by atoms with E-state index in [-0.39, 0.29) is 6.10 Å². The van der Waals surface area contributed by atoms with Gasteiger partial charge in [0.1, 0.15) is 11.6 Å². The summed E-state index contributed by atoms with van der Waals surface area (Å²) in [6.07, 6.45) is 2.48. The number of methoxy groups -OCH3 is 2. The van der Waals surface area contributed by atoms with E-state index in [0.717, 1.165) is 12.8 Å². The third-order valence-electron chi connectivity index (χ3n) is 2.90. The summed E-state index contributed by atoms with van der Waals surface area (Å²) in [7, 11) is 2.95. The van der Waals surface area contributed by atoms with Crippen molar-refractivity contribution in [3.05, 3.63) is 0 Å². The molecule has 0 radical (unpaired) electrons. The van der Waals surface area contributed by atoms with Crippen LogP contribution in [0.3, 0.4) is 0 Å². The van der Waals surface area contributed by atoms with Crippen LogP contribution in [0.2, 0.25) is 0 Å². The van der Waals surface area contributed by atoms with Crippen LogP contribution in [0.5, 0.6) is 0 Å². The fourth-order valence-electron chi connectivity index (χ4n) is 1.90. The molecule has 0 bridgehead atoms. The highest BCUT2D eigenvalue weighted by atomic mass is 16.6. The van der Waals surface area contributed by atoms with Gasteiger partial charge in [0, 0.05) is 7.11 Å². The lowest BCUT2D eigenvalue weighted by Gasteiger charge is -2.23. The van der Waals surface area contributed by atoms with Crippen LogP contribution in [0.15, 0.2) is 0 Å². The summed E-state index contributed by atoms with van der Waals surface area (Å²) < 4.78 is 15.2. The van der Waals surface area contributed by atoms with Crippen LogP contribution in [0.1, 0.15) is 53.4 Å². The number of hydrogen-bond donors (Lipinski definition) is 1. The van der Waals surface area contributed by atoms with Gasteiger partial charge < -0.3 is 19.5 Å². The molecule has 0 heterocycles. The van der Waals surface area contributed by atoms with Crippen LogP contribution in [0.4, 0.5) is 4.79 Å². The van der Waals surface area contributed by atoms with Crippen molar-refractivity contribution in [2.24, 2.45) is 0 Å². The summed E-state index contributed by atoms with van der Waals surface area (Å²) >= 11 is 0. The smallest absolute Gasteiger partial charge is 0.408 e. The van der Waals surface area contributed by atoms with Crippen molar-refractivity contribution in [1.29, 1.82) is 0 Å². The largest absolute Gasteiger partial charge is 0.467 e. The average Bonchev–Trinajstić information content (AvgIpc) is 2.38. The van der Waals surface area contributed by atoms with Crippen LogP contribution in [-0.4, -0.2) is 44.0 Å². The van der Waals surface area contributed by atoms with E-state index in [4.69, 9.17) is 14.2 Å². The topological polar surface area (TPSA) is 73.9 Å². The molecule has 0 rings (SSSR count). The maximum Gasteiger partial charge on any atom is 0.408 e. The molecule has 21 heavy (non-hydrogen) atoms. The van der Waals surface area contributed by atoms with E-state index < -0.39 is 23.7 Å². The normalized spacial score (nSPS) is 14.2. The molecule has 2 atom stereocenters. The number of rotatable bonds is 8. The standard InChI is InChI=1S/C15H29NO5/c1-7-8-11(19-5)9-10-12(13(17)20-6)16-14(18)21-15(2,3)4/h11-12H,7-10H2,1-6H3,(H,16,18)/t11-,12-/m1/s1. The van der Waals surface area contributed by atoms with Crippen molar-refractivity contribution in [3.8, 4) is 0 Å². The SMILES string of the molecule is CCC[C@H](CC[C@@H](NC(=O)OC(C)(C)C)C(=O)OC)OC. The maximum atomic E-state index is 11.8. The van der Waals surface area contributed by atoms with Gasteiger partial charge in [-0.3, -0.25) is 0 Å². The van der Waals surface area contributed by atoms with Gasteiger partial charge in [0.15, 0.2) is 0 Å². The van der Waals surface area contributed by atoms with Gasteiger partial charge >= 0.3 is 12.1 Å². The molecule has 0 aliphatic heterocycles. The summed E-state index contributed by atoms with van der Waals surface area (Å²) in [6.45, 7) is 7.37. The fraction of sp³-hybridized carbons (Fsp3) is 0.867. The van der Waals surface area contributed by atoms with Crippen LogP contribution in [-0.2, 0) is 19.0 Å². The maximum absolute atomic E-state index is 11.8. The molecule has 0 fully saturated rings. The summed E-state index contributed by atoms with van der Waals surface area (Å²) in [4.78, 5) is 23.5. The zero-order valence-electron chi connectivity index (χ0n) is 14.0. The average molecular weight is 303 g/mol. The fourth-order valence-corrected chi connectivity index (χ4v) is 1.90. The number of ether oxygens (including phenoxy) is 3. The van der Waals surface area contributed by atoms with E-state index >= 15 is 0 Å². The molecule has 0 aromatic heterocycles. The number of nitrogens with one attached hydrogen (secondary N) is 1. The Morgan fingerprint density at radius 1 is 1.10 bits per heavy atom. The first-order valence-electron chi connectivity index (χ1n) is 7.33. The van der Waals surface area contributed by atoms with Gasteiger partial charge in [0.05, 0.1) is 13.2 Å². The third kappa shape index (κ3) is 9.28. The van der Waals surface area contributed by atoms with Crippen molar-refractivity contribution in [2.45, 2.75) is 71.1 Å². The molecular weight excluding hydrogens is 274 g/mol. The minimum absolute atomic E-state index is 0.0718. The first-order chi connectivity index (χ1) is 9.73. The molecule has 124 valence electrons. The van der Waals surface area contributed by atoms with Gasteiger partial charge in [-0.1, -0.05) is 13.3 Å². The molecule has 0 saturated carbocycles. The summed E-state index contributed by atoms with van der Waals surface area (Å²) in [5, 5.41) is 2.55. The Hall–Kier alpha value is -1.30. The van der Waals surface area contributed by atoms with Gasteiger partial charge in [-0.2, -0.15) is 0 Å². The Balaban J connectivity index is 4.52. The Bertz CT molecular complexity index is 325. The monoisotopic (exact) mass is 303 g/mol. The van der Waals surface area contributed by atoms with Crippen molar-refractivity contribution in [3.63, 3.8) is 0 Å². The molecule has 0 saturated heterocycles. The van der Waals surface area contributed by atoms with E-state index in [1.165, 1.54) is 7.11 Å². The van der Waals surface area contributed by atoms with Gasteiger partial charge in [0.2, 0.25) is 0 Å². The van der Waals surface area contributed by atoms with E-state index in [1.807, 2.05) is 0 Å². The third-order valence-corrected chi connectivity index (χ3v) is 2.90. The van der Waals surface area contributed by atoms with Crippen LogP contribution < -0.4 is 5.32 Å². The quantitative estimate of drug-likeness (QED) is 0.698. The summed E-state index contributed by atoms with van der Waals surface area (Å²) in [5.74, 6) is -0.479. The Morgan fingerprint density at radius 3 is 2.14 bits per heavy atom. The molecule has 1 amide bonds. The molecule has 6 nitrogen and oxygen atoms in total. The highest BCUT2D eigenvalue weighted by Gasteiger charge is 2.25. The zero-order chi connectivity index (χ0) is 16.5. The van der Waals surface area contributed by atoms with Crippen molar-refractivity contribution in [1.82, 2.24) is 5.32 Å². The lowest BCUT2D eigenvalue weighted by molar-refractivity contribution is -0.143. The zero-order valence-corrected chi connectivity index (χ0v) is 14.0. The van der Waals surface area contributed by atoms with Gasteiger partial charge in [-0.25, -0.2) is 9.59 Å². The Kier molecular flexibility index (Phi) is 9.01. The lowest BCUT2D eigenvalue weighted by atomic mass is 10.0. The Morgan fingerprint density at radius 2 is 1.71 bits per heavy atom. The molecule has 0 aliphatic carbocycles. The van der Waals surface area contributed by atoms with E-state index in [0.29, 0.717) is 12.8 Å². The van der Waals surface area contributed by atoms with Gasteiger partial charge in [0.25, 0.3) is 0 Å². The predicted molar refractivity (Wildman–Crippen MR) is 80.1 cm³/mol. The van der Waals surface area contributed by atoms with Crippen LogP contribution in [0.25, 0.3) is 0 Å². The minimum Gasteiger partial charge on any atom is -0.467 e.